The first-order chi connectivity index (χ1) is 12.1. The van der Waals surface area contributed by atoms with E-state index in [-0.39, 0.29) is 5.91 Å². The van der Waals surface area contributed by atoms with Crippen molar-refractivity contribution in [1.29, 1.82) is 0 Å². The third-order valence-electron chi connectivity index (χ3n) is 5.02. The van der Waals surface area contributed by atoms with Gasteiger partial charge < -0.3 is 14.1 Å². The Balaban J connectivity index is 1.51. The van der Waals surface area contributed by atoms with Crippen molar-refractivity contribution in [3.63, 3.8) is 0 Å². The lowest BCUT2D eigenvalue weighted by Crippen LogP contribution is -2.35. The molecule has 1 fully saturated rings. The first kappa shape index (κ1) is 16.6. The number of carbonyl (C=O) groups is 1. The van der Waals surface area contributed by atoms with E-state index in [4.69, 9.17) is 25.7 Å². The summed E-state index contributed by atoms with van der Waals surface area (Å²) in [4.78, 5) is 19.3. The molecule has 2 aromatic rings. The van der Waals surface area contributed by atoms with E-state index >= 15 is 0 Å². The molecule has 2 aliphatic rings. The minimum atomic E-state index is -0.0110. The van der Waals surface area contributed by atoms with Crippen molar-refractivity contribution in [2.24, 2.45) is 0 Å². The minimum Gasteiger partial charge on any atom is -0.445 e. The van der Waals surface area contributed by atoms with E-state index in [1.54, 1.807) is 6.07 Å². The number of ether oxygens (including phenoxy) is 1. The molecule has 132 valence electrons. The molecule has 2 aliphatic heterocycles. The molecule has 1 saturated heterocycles. The Bertz CT molecular complexity index is 796. The van der Waals surface area contributed by atoms with Crippen molar-refractivity contribution in [3.8, 4) is 0 Å². The topological polar surface area (TPSA) is 55.6 Å². The lowest BCUT2D eigenvalue weighted by atomic mass is 10.0. The average Bonchev–Trinajstić information content (AvgIpc) is 3.07. The van der Waals surface area contributed by atoms with Crippen molar-refractivity contribution >= 4 is 17.5 Å². The molecule has 0 radical (unpaired) electrons. The molecule has 0 bridgehead atoms. The highest BCUT2D eigenvalue weighted by atomic mass is 35.5. The Morgan fingerprint density at radius 2 is 2.12 bits per heavy atom. The molecule has 0 saturated carbocycles. The number of aromatic nitrogens is 1. The van der Waals surface area contributed by atoms with Gasteiger partial charge in [0.1, 0.15) is 11.5 Å². The Kier molecular flexibility index (Phi) is 4.52. The van der Waals surface area contributed by atoms with Gasteiger partial charge in [0.2, 0.25) is 0 Å². The molecule has 6 heteroatoms. The monoisotopic (exact) mass is 360 g/mol. The first-order valence-electron chi connectivity index (χ1n) is 8.73. The van der Waals surface area contributed by atoms with Crippen LogP contribution in [0.2, 0.25) is 5.02 Å². The quantitative estimate of drug-likeness (QED) is 0.818. The van der Waals surface area contributed by atoms with Crippen LogP contribution in [0.15, 0.2) is 22.6 Å². The van der Waals surface area contributed by atoms with Crippen LogP contribution in [-0.4, -0.2) is 35.5 Å². The highest BCUT2D eigenvalue weighted by Gasteiger charge is 2.29. The summed E-state index contributed by atoms with van der Waals surface area (Å²) in [5.74, 6) is 2.05. The van der Waals surface area contributed by atoms with Gasteiger partial charge in [-0.25, -0.2) is 4.98 Å². The Hall–Kier alpha value is -1.85. The van der Waals surface area contributed by atoms with Gasteiger partial charge in [-0.3, -0.25) is 4.79 Å². The third-order valence-corrected chi connectivity index (χ3v) is 5.43. The van der Waals surface area contributed by atoms with Crippen LogP contribution in [0.1, 0.15) is 52.0 Å². The zero-order valence-electron chi connectivity index (χ0n) is 14.3. The summed E-state index contributed by atoms with van der Waals surface area (Å²) in [7, 11) is 0. The highest BCUT2D eigenvalue weighted by molar-refractivity contribution is 6.31. The lowest BCUT2D eigenvalue weighted by Gasteiger charge is -2.25. The molecule has 25 heavy (non-hydrogen) atoms. The van der Waals surface area contributed by atoms with Gasteiger partial charge in [-0.15, -0.1) is 0 Å². The van der Waals surface area contributed by atoms with Gasteiger partial charge in [-0.1, -0.05) is 17.7 Å². The number of fused-ring (bicyclic) bond motifs is 1. The van der Waals surface area contributed by atoms with Crippen molar-refractivity contribution in [1.82, 2.24) is 9.88 Å². The molecule has 3 heterocycles. The fourth-order valence-corrected chi connectivity index (χ4v) is 3.60. The van der Waals surface area contributed by atoms with Gasteiger partial charge in [-0.05, 0) is 37.5 Å². The van der Waals surface area contributed by atoms with Crippen LogP contribution in [-0.2, 0) is 17.7 Å². The molecule has 0 spiro atoms. The Morgan fingerprint density at radius 1 is 1.32 bits per heavy atom. The minimum absolute atomic E-state index is 0.0110. The van der Waals surface area contributed by atoms with Crippen LogP contribution in [0.3, 0.4) is 0 Å². The Morgan fingerprint density at radius 3 is 2.88 bits per heavy atom. The van der Waals surface area contributed by atoms with E-state index in [2.05, 4.69) is 0 Å². The fourth-order valence-electron chi connectivity index (χ4n) is 3.42. The molecule has 0 aliphatic carbocycles. The smallest absolute Gasteiger partial charge is 0.254 e. The normalized spacial score (nSPS) is 18.2. The van der Waals surface area contributed by atoms with Crippen molar-refractivity contribution in [2.75, 3.05) is 19.8 Å². The first-order valence-corrected chi connectivity index (χ1v) is 9.11. The molecule has 5 nitrogen and oxygen atoms in total. The van der Waals surface area contributed by atoms with Gasteiger partial charge in [0.25, 0.3) is 5.91 Å². The summed E-state index contributed by atoms with van der Waals surface area (Å²) in [6.45, 7) is 4.58. The van der Waals surface area contributed by atoms with E-state index < -0.39 is 0 Å². The number of halogens is 1. The van der Waals surface area contributed by atoms with Gasteiger partial charge in [-0.2, -0.15) is 0 Å². The maximum atomic E-state index is 12.8. The summed E-state index contributed by atoms with van der Waals surface area (Å²) in [6.07, 6.45) is 2.60. The summed E-state index contributed by atoms with van der Waals surface area (Å²) in [5, 5.41) is 0.617. The number of benzene rings is 1. The van der Waals surface area contributed by atoms with Gasteiger partial charge in [0.15, 0.2) is 5.89 Å². The van der Waals surface area contributed by atoms with Crippen LogP contribution >= 0.6 is 11.6 Å². The zero-order chi connectivity index (χ0) is 17.4. The van der Waals surface area contributed by atoms with Crippen LogP contribution < -0.4 is 0 Å². The van der Waals surface area contributed by atoms with Crippen molar-refractivity contribution in [3.05, 3.63) is 51.7 Å². The van der Waals surface area contributed by atoms with Crippen molar-refractivity contribution in [2.45, 2.75) is 38.6 Å². The highest BCUT2D eigenvalue weighted by Crippen LogP contribution is 2.30. The van der Waals surface area contributed by atoms with Gasteiger partial charge in [0.05, 0.1) is 6.54 Å². The van der Waals surface area contributed by atoms with Crippen LogP contribution in [0.25, 0.3) is 0 Å². The van der Waals surface area contributed by atoms with E-state index in [1.807, 2.05) is 24.0 Å². The predicted octanol–water partition coefficient (Wildman–Crippen LogP) is 3.73. The number of amides is 1. The van der Waals surface area contributed by atoms with Crippen LogP contribution in [0.5, 0.6) is 0 Å². The van der Waals surface area contributed by atoms with Crippen LogP contribution in [0, 0.1) is 6.92 Å². The second-order valence-corrected chi connectivity index (χ2v) is 7.16. The molecule has 0 unspecified atom stereocenters. The van der Waals surface area contributed by atoms with E-state index in [0.717, 1.165) is 49.0 Å². The summed E-state index contributed by atoms with van der Waals surface area (Å²) in [6, 6.07) is 5.45. The molecule has 1 aromatic heterocycles. The largest absolute Gasteiger partial charge is 0.445 e. The second kappa shape index (κ2) is 6.81. The number of nitrogens with zero attached hydrogens (tertiary/aromatic N) is 2. The molecule has 1 aromatic carbocycles. The van der Waals surface area contributed by atoms with E-state index in [1.165, 1.54) is 0 Å². The number of aryl methyl sites for hydroxylation is 1. The number of hydrogen-bond acceptors (Lipinski definition) is 4. The molecular weight excluding hydrogens is 340 g/mol. The average molecular weight is 361 g/mol. The van der Waals surface area contributed by atoms with E-state index in [0.29, 0.717) is 36.0 Å². The number of carbonyl (C=O) groups excluding carboxylic acids is 1. The summed E-state index contributed by atoms with van der Waals surface area (Å²) in [5.41, 5.74) is 2.48. The molecular formula is C19H21ClN2O3. The van der Waals surface area contributed by atoms with Gasteiger partial charge >= 0.3 is 0 Å². The fraction of sp³-hybridized carbons (Fsp3) is 0.474. The van der Waals surface area contributed by atoms with Gasteiger partial charge in [0, 0.05) is 42.7 Å². The number of hydrogen-bond donors (Lipinski definition) is 0. The maximum absolute atomic E-state index is 12.8. The van der Waals surface area contributed by atoms with Crippen molar-refractivity contribution < 1.29 is 13.9 Å². The molecule has 0 N–H and O–H groups in total. The zero-order valence-corrected chi connectivity index (χ0v) is 15.0. The number of oxazole rings is 1. The molecule has 1 amide bonds. The number of rotatable bonds is 2. The lowest BCUT2D eigenvalue weighted by molar-refractivity contribution is 0.0726. The molecule has 0 atom stereocenters. The summed E-state index contributed by atoms with van der Waals surface area (Å²) >= 11 is 6.16. The standard InChI is InChI=1S/C19H21ClN2O3/c1-12-2-3-14(10-15(12)20)19(23)22-7-4-17-16(11-22)21-18(25-17)13-5-8-24-9-6-13/h2-3,10,13H,4-9,11H2,1H3. The SMILES string of the molecule is Cc1ccc(C(=O)N2CCc3oc(C4CCOCC4)nc3C2)cc1Cl. The predicted molar refractivity (Wildman–Crippen MR) is 93.9 cm³/mol. The maximum Gasteiger partial charge on any atom is 0.254 e. The third kappa shape index (κ3) is 3.31. The summed E-state index contributed by atoms with van der Waals surface area (Å²) < 4.78 is 11.4. The second-order valence-electron chi connectivity index (χ2n) is 6.75. The Labute approximate surface area is 151 Å². The van der Waals surface area contributed by atoms with E-state index in [9.17, 15) is 4.79 Å². The molecule has 4 rings (SSSR count). The van der Waals surface area contributed by atoms with Crippen LogP contribution in [0.4, 0.5) is 0 Å².